The summed E-state index contributed by atoms with van der Waals surface area (Å²) in [7, 11) is -0.171. The standard InChI is InChI=1S/C15H16BFO4/c1-10-7-12(17)4-3-11(10)9-21-15-6-5-13(20-2)8-14(15)16(18)19/h3-8,18-19H,9H2,1-2H3. The third kappa shape index (κ3) is 3.74. The average molecular weight is 290 g/mol. The fourth-order valence-corrected chi connectivity index (χ4v) is 1.96. The molecule has 0 spiro atoms. The minimum Gasteiger partial charge on any atom is -0.497 e. The van der Waals surface area contributed by atoms with E-state index in [0.717, 1.165) is 11.1 Å². The first-order chi connectivity index (χ1) is 10.0. The van der Waals surface area contributed by atoms with Crippen LogP contribution in [0, 0.1) is 12.7 Å². The molecule has 0 aliphatic carbocycles. The molecule has 0 aliphatic rings. The van der Waals surface area contributed by atoms with Crippen LogP contribution in [-0.4, -0.2) is 24.3 Å². The largest absolute Gasteiger partial charge is 0.497 e. The van der Waals surface area contributed by atoms with Gasteiger partial charge in [-0.15, -0.1) is 0 Å². The van der Waals surface area contributed by atoms with E-state index in [1.165, 1.54) is 25.3 Å². The van der Waals surface area contributed by atoms with Crippen molar-refractivity contribution in [2.75, 3.05) is 7.11 Å². The predicted octanol–water partition coefficient (Wildman–Crippen LogP) is 1.40. The van der Waals surface area contributed by atoms with Crippen molar-refractivity contribution >= 4 is 12.6 Å². The van der Waals surface area contributed by atoms with Crippen LogP contribution < -0.4 is 14.9 Å². The van der Waals surface area contributed by atoms with Crippen LogP contribution in [-0.2, 0) is 6.61 Å². The van der Waals surface area contributed by atoms with Crippen molar-refractivity contribution in [3.63, 3.8) is 0 Å². The van der Waals surface area contributed by atoms with E-state index in [-0.39, 0.29) is 17.9 Å². The lowest BCUT2D eigenvalue weighted by molar-refractivity contribution is 0.305. The fourth-order valence-electron chi connectivity index (χ4n) is 1.96. The number of methoxy groups -OCH3 is 1. The van der Waals surface area contributed by atoms with Crippen molar-refractivity contribution in [1.29, 1.82) is 0 Å². The van der Waals surface area contributed by atoms with Gasteiger partial charge in [-0.2, -0.15) is 0 Å². The lowest BCUT2D eigenvalue weighted by Crippen LogP contribution is -2.31. The molecule has 110 valence electrons. The molecule has 2 rings (SSSR count). The molecular formula is C15H16BFO4. The van der Waals surface area contributed by atoms with Gasteiger partial charge >= 0.3 is 7.12 Å². The third-order valence-electron chi connectivity index (χ3n) is 3.18. The summed E-state index contributed by atoms with van der Waals surface area (Å²) in [6.45, 7) is 2.00. The Morgan fingerprint density at radius 1 is 1.14 bits per heavy atom. The lowest BCUT2D eigenvalue weighted by Gasteiger charge is -2.13. The van der Waals surface area contributed by atoms with Crippen molar-refractivity contribution < 1.29 is 23.9 Å². The smallest absolute Gasteiger partial charge is 0.492 e. The Labute approximate surface area is 122 Å². The maximum atomic E-state index is 13.0. The molecule has 2 aromatic carbocycles. The molecule has 0 radical (unpaired) electrons. The molecule has 2 N–H and O–H groups in total. The number of ether oxygens (including phenoxy) is 2. The molecule has 0 heterocycles. The maximum absolute atomic E-state index is 13.0. The van der Waals surface area contributed by atoms with Crippen molar-refractivity contribution in [3.05, 3.63) is 53.3 Å². The zero-order chi connectivity index (χ0) is 15.4. The lowest BCUT2D eigenvalue weighted by atomic mass is 9.79. The summed E-state index contributed by atoms with van der Waals surface area (Å²) in [5.41, 5.74) is 1.81. The van der Waals surface area contributed by atoms with Crippen LogP contribution in [0.4, 0.5) is 4.39 Å². The van der Waals surface area contributed by atoms with Gasteiger partial charge in [0.15, 0.2) is 0 Å². The first-order valence-electron chi connectivity index (χ1n) is 6.43. The van der Waals surface area contributed by atoms with Gasteiger partial charge in [-0.05, 0) is 48.4 Å². The second kappa shape index (κ2) is 6.60. The van der Waals surface area contributed by atoms with Gasteiger partial charge in [0, 0.05) is 5.46 Å². The van der Waals surface area contributed by atoms with E-state index < -0.39 is 7.12 Å². The molecule has 6 heteroatoms. The second-order valence-electron chi connectivity index (χ2n) is 4.64. The van der Waals surface area contributed by atoms with E-state index >= 15 is 0 Å². The molecule has 0 aromatic heterocycles. The molecule has 2 aromatic rings. The summed E-state index contributed by atoms with van der Waals surface area (Å²) in [6, 6.07) is 9.20. The van der Waals surface area contributed by atoms with Crippen LogP contribution in [0.5, 0.6) is 11.5 Å². The van der Waals surface area contributed by atoms with Crippen LogP contribution in [0.2, 0.25) is 0 Å². The van der Waals surface area contributed by atoms with Gasteiger partial charge in [0.25, 0.3) is 0 Å². The highest BCUT2D eigenvalue weighted by Gasteiger charge is 2.18. The van der Waals surface area contributed by atoms with Crippen molar-refractivity contribution in [1.82, 2.24) is 0 Å². The average Bonchev–Trinajstić information content (AvgIpc) is 2.46. The zero-order valence-electron chi connectivity index (χ0n) is 11.8. The van der Waals surface area contributed by atoms with Gasteiger partial charge in [0.1, 0.15) is 23.9 Å². The van der Waals surface area contributed by atoms with E-state index in [2.05, 4.69) is 0 Å². The molecule has 0 bridgehead atoms. The molecule has 0 aliphatic heterocycles. The summed E-state index contributed by atoms with van der Waals surface area (Å²) in [5.74, 6) is 0.546. The maximum Gasteiger partial charge on any atom is 0.492 e. The number of hydrogen-bond donors (Lipinski definition) is 2. The van der Waals surface area contributed by atoms with Crippen molar-refractivity contribution in [2.45, 2.75) is 13.5 Å². The van der Waals surface area contributed by atoms with E-state index in [1.54, 1.807) is 25.1 Å². The van der Waals surface area contributed by atoms with Crippen LogP contribution in [0.3, 0.4) is 0 Å². The van der Waals surface area contributed by atoms with Crippen LogP contribution in [0.1, 0.15) is 11.1 Å². The third-order valence-corrected chi connectivity index (χ3v) is 3.18. The van der Waals surface area contributed by atoms with Gasteiger partial charge in [-0.3, -0.25) is 0 Å². The Bertz CT molecular complexity index is 631. The molecule has 0 unspecified atom stereocenters. The first-order valence-corrected chi connectivity index (χ1v) is 6.43. The Morgan fingerprint density at radius 2 is 1.90 bits per heavy atom. The summed E-state index contributed by atoms with van der Waals surface area (Å²) >= 11 is 0. The zero-order valence-corrected chi connectivity index (χ0v) is 11.8. The molecule has 4 nitrogen and oxygen atoms in total. The molecule has 0 saturated heterocycles. The van der Waals surface area contributed by atoms with E-state index in [9.17, 15) is 14.4 Å². The Hall–Kier alpha value is -2.05. The van der Waals surface area contributed by atoms with E-state index in [0.29, 0.717) is 11.5 Å². The van der Waals surface area contributed by atoms with Gasteiger partial charge in [-0.25, -0.2) is 4.39 Å². The SMILES string of the molecule is COc1ccc(OCc2ccc(F)cc2C)c(B(O)O)c1. The van der Waals surface area contributed by atoms with Crippen molar-refractivity contribution in [3.8, 4) is 11.5 Å². The van der Waals surface area contributed by atoms with Gasteiger partial charge in [0.2, 0.25) is 0 Å². The van der Waals surface area contributed by atoms with Crippen LogP contribution in [0.15, 0.2) is 36.4 Å². The van der Waals surface area contributed by atoms with Gasteiger partial charge < -0.3 is 19.5 Å². The Kier molecular flexibility index (Phi) is 4.83. The Balaban J connectivity index is 2.19. The summed E-state index contributed by atoms with van der Waals surface area (Å²) in [4.78, 5) is 0. The van der Waals surface area contributed by atoms with Gasteiger partial charge in [-0.1, -0.05) is 6.07 Å². The number of hydrogen-bond acceptors (Lipinski definition) is 4. The predicted molar refractivity (Wildman–Crippen MR) is 78.3 cm³/mol. The summed E-state index contributed by atoms with van der Waals surface area (Å²) in [6.07, 6.45) is 0. The molecule has 0 saturated carbocycles. The monoisotopic (exact) mass is 290 g/mol. The highest BCUT2D eigenvalue weighted by atomic mass is 19.1. The summed E-state index contributed by atoms with van der Waals surface area (Å²) in [5, 5.41) is 18.8. The second-order valence-corrected chi connectivity index (χ2v) is 4.64. The molecule has 0 fully saturated rings. The number of halogens is 1. The number of aryl methyl sites for hydroxylation is 1. The van der Waals surface area contributed by atoms with E-state index in [1.807, 2.05) is 0 Å². The minimum atomic E-state index is -1.66. The molecular weight excluding hydrogens is 274 g/mol. The minimum absolute atomic E-state index is 0.207. The highest BCUT2D eigenvalue weighted by molar-refractivity contribution is 6.59. The summed E-state index contributed by atoms with van der Waals surface area (Å²) < 4.78 is 23.7. The number of rotatable bonds is 5. The Morgan fingerprint density at radius 3 is 2.52 bits per heavy atom. The number of benzene rings is 2. The molecule has 21 heavy (non-hydrogen) atoms. The quantitative estimate of drug-likeness (QED) is 0.817. The normalized spacial score (nSPS) is 10.3. The topological polar surface area (TPSA) is 58.9 Å². The van der Waals surface area contributed by atoms with Crippen LogP contribution >= 0.6 is 0 Å². The van der Waals surface area contributed by atoms with Gasteiger partial charge in [0.05, 0.1) is 7.11 Å². The van der Waals surface area contributed by atoms with E-state index in [4.69, 9.17) is 9.47 Å². The molecule has 0 atom stereocenters. The highest BCUT2D eigenvalue weighted by Crippen LogP contribution is 2.18. The molecule has 0 amide bonds. The fraction of sp³-hybridized carbons (Fsp3) is 0.200. The van der Waals surface area contributed by atoms with Crippen LogP contribution in [0.25, 0.3) is 0 Å². The van der Waals surface area contributed by atoms with Crippen molar-refractivity contribution in [2.24, 2.45) is 0 Å². The first kappa shape index (κ1) is 15.3.